The van der Waals surface area contributed by atoms with Crippen molar-refractivity contribution in [2.45, 2.75) is 18.6 Å². The van der Waals surface area contributed by atoms with Crippen molar-refractivity contribution in [3.8, 4) is 0 Å². The van der Waals surface area contributed by atoms with Gasteiger partial charge in [-0.25, -0.2) is 0 Å². The molecule has 1 atom stereocenters. The third kappa shape index (κ3) is 4.22. The van der Waals surface area contributed by atoms with Gasteiger partial charge in [-0.15, -0.1) is 19.0 Å². The fourth-order valence-electron chi connectivity index (χ4n) is 1.31. The molecule has 0 aromatic heterocycles. The topological polar surface area (TPSA) is 26.0 Å². The highest BCUT2D eigenvalue weighted by molar-refractivity contribution is 6.31. The maximum Gasteiger partial charge on any atom is 0.417 e. The first-order valence-corrected chi connectivity index (χ1v) is 4.97. The van der Waals surface area contributed by atoms with E-state index in [0.717, 1.165) is 6.07 Å². The largest absolute Gasteiger partial charge is 0.417 e. The Kier molecular flexibility index (Phi) is 6.02. The van der Waals surface area contributed by atoms with Crippen molar-refractivity contribution in [2.75, 3.05) is 0 Å². The minimum absolute atomic E-state index is 0. The molecule has 0 aliphatic carbocycles. The lowest BCUT2D eigenvalue weighted by Gasteiger charge is -2.13. The highest BCUT2D eigenvalue weighted by Gasteiger charge is 2.33. The average molecular weight is 286 g/mol. The van der Waals surface area contributed by atoms with Crippen LogP contribution >= 0.6 is 24.0 Å². The molecule has 2 N–H and O–H groups in total. The summed E-state index contributed by atoms with van der Waals surface area (Å²) in [6.07, 6.45) is -2.34. The van der Waals surface area contributed by atoms with Gasteiger partial charge in [0.15, 0.2) is 0 Å². The molecule has 0 unspecified atom stereocenters. The first kappa shape index (κ1) is 16.3. The Morgan fingerprint density at radius 3 is 2.41 bits per heavy atom. The van der Waals surface area contributed by atoms with E-state index in [4.69, 9.17) is 17.3 Å². The van der Waals surface area contributed by atoms with Crippen molar-refractivity contribution in [3.05, 3.63) is 47.0 Å². The molecule has 17 heavy (non-hydrogen) atoms. The molecule has 0 heterocycles. The summed E-state index contributed by atoms with van der Waals surface area (Å²) >= 11 is 5.56. The van der Waals surface area contributed by atoms with E-state index < -0.39 is 11.7 Å². The summed E-state index contributed by atoms with van der Waals surface area (Å²) in [5, 5.41) is -0.329. The standard InChI is InChI=1S/C11H11ClF3N.ClH/c1-2-3-10(16)7-4-5-8(9(12)6-7)11(13,14)15;/h2,4-6,10H,1,3,16H2;1H/t10-;/m1./s1. The molecule has 6 heteroatoms. The van der Waals surface area contributed by atoms with E-state index in [9.17, 15) is 13.2 Å². The molecule has 1 aromatic rings. The Labute approximate surface area is 109 Å². The second kappa shape index (κ2) is 6.28. The zero-order valence-electron chi connectivity index (χ0n) is 8.80. The number of rotatable bonds is 3. The van der Waals surface area contributed by atoms with E-state index in [1.165, 1.54) is 12.1 Å². The first-order chi connectivity index (χ1) is 7.36. The summed E-state index contributed by atoms with van der Waals surface area (Å²) in [5.74, 6) is 0. The normalized spacial score (nSPS) is 12.8. The lowest BCUT2D eigenvalue weighted by molar-refractivity contribution is -0.137. The Bertz CT molecular complexity index is 391. The first-order valence-electron chi connectivity index (χ1n) is 4.59. The molecule has 1 nitrogen and oxygen atoms in total. The molecule has 0 aliphatic rings. The Morgan fingerprint density at radius 1 is 1.41 bits per heavy atom. The van der Waals surface area contributed by atoms with Crippen LogP contribution in [0.2, 0.25) is 5.02 Å². The predicted molar refractivity (Wildman–Crippen MR) is 65.4 cm³/mol. The van der Waals surface area contributed by atoms with Crippen LogP contribution in [0.5, 0.6) is 0 Å². The quantitative estimate of drug-likeness (QED) is 0.821. The Hall–Kier alpha value is -0.710. The maximum atomic E-state index is 12.4. The highest BCUT2D eigenvalue weighted by Crippen LogP contribution is 2.35. The lowest BCUT2D eigenvalue weighted by Crippen LogP contribution is -2.11. The fraction of sp³-hybridized carbons (Fsp3) is 0.273. The molecule has 0 radical (unpaired) electrons. The van der Waals surface area contributed by atoms with Crippen LogP contribution in [0.1, 0.15) is 23.6 Å². The van der Waals surface area contributed by atoms with E-state index in [-0.39, 0.29) is 23.5 Å². The summed E-state index contributed by atoms with van der Waals surface area (Å²) in [5.41, 5.74) is 5.45. The van der Waals surface area contributed by atoms with Crippen LogP contribution in [-0.4, -0.2) is 0 Å². The van der Waals surface area contributed by atoms with Crippen molar-refractivity contribution in [1.82, 2.24) is 0 Å². The summed E-state index contributed by atoms with van der Waals surface area (Å²) in [6, 6.07) is 3.15. The summed E-state index contributed by atoms with van der Waals surface area (Å²) in [7, 11) is 0. The zero-order valence-corrected chi connectivity index (χ0v) is 10.4. The molecular weight excluding hydrogens is 274 g/mol. The molecule has 96 valence electrons. The van der Waals surface area contributed by atoms with Gasteiger partial charge in [-0.05, 0) is 24.1 Å². The van der Waals surface area contributed by atoms with Crippen LogP contribution in [0.15, 0.2) is 30.9 Å². The smallest absolute Gasteiger partial charge is 0.324 e. The van der Waals surface area contributed by atoms with Crippen LogP contribution < -0.4 is 5.73 Å². The molecule has 0 saturated carbocycles. The molecule has 0 amide bonds. The molecule has 0 saturated heterocycles. The minimum Gasteiger partial charge on any atom is -0.324 e. The maximum absolute atomic E-state index is 12.4. The zero-order chi connectivity index (χ0) is 12.3. The summed E-state index contributed by atoms with van der Waals surface area (Å²) in [4.78, 5) is 0. The number of halogens is 5. The third-order valence-corrected chi connectivity index (χ3v) is 2.46. The van der Waals surface area contributed by atoms with Gasteiger partial charge in [0.2, 0.25) is 0 Å². The molecule has 0 spiro atoms. The van der Waals surface area contributed by atoms with Gasteiger partial charge in [0.05, 0.1) is 10.6 Å². The Morgan fingerprint density at radius 2 is 2.00 bits per heavy atom. The number of benzene rings is 1. The number of alkyl halides is 3. The van der Waals surface area contributed by atoms with Crippen LogP contribution in [0.25, 0.3) is 0 Å². The molecule has 0 bridgehead atoms. The SMILES string of the molecule is C=CC[C@@H](N)c1ccc(C(F)(F)F)c(Cl)c1.Cl. The Balaban J connectivity index is 0.00000256. The summed E-state index contributed by atoms with van der Waals surface area (Å²) < 4.78 is 37.2. The van der Waals surface area contributed by atoms with Crippen LogP contribution in [0.3, 0.4) is 0 Å². The van der Waals surface area contributed by atoms with Gasteiger partial charge in [-0.3, -0.25) is 0 Å². The van der Waals surface area contributed by atoms with E-state index in [1.54, 1.807) is 6.08 Å². The number of hydrogen-bond donors (Lipinski definition) is 1. The van der Waals surface area contributed by atoms with Gasteiger partial charge in [-0.1, -0.05) is 23.7 Å². The average Bonchev–Trinajstić information content (AvgIpc) is 2.16. The van der Waals surface area contributed by atoms with Gasteiger partial charge in [-0.2, -0.15) is 13.2 Å². The van der Waals surface area contributed by atoms with E-state index in [0.29, 0.717) is 12.0 Å². The second-order valence-electron chi connectivity index (χ2n) is 3.37. The molecule has 1 rings (SSSR count). The predicted octanol–water partition coefficient (Wildman–Crippen LogP) is 4.36. The molecule has 1 aromatic carbocycles. The van der Waals surface area contributed by atoms with Gasteiger partial charge >= 0.3 is 6.18 Å². The van der Waals surface area contributed by atoms with Crippen molar-refractivity contribution >= 4 is 24.0 Å². The van der Waals surface area contributed by atoms with Gasteiger partial charge in [0.25, 0.3) is 0 Å². The van der Waals surface area contributed by atoms with Gasteiger partial charge in [0.1, 0.15) is 0 Å². The van der Waals surface area contributed by atoms with Crippen molar-refractivity contribution < 1.29 is 13.2 Å². The minimum atomic E-state index is -4.43. The van der Waals surface area contributed by atoms with E-state index >= 15 is 0 Å². The fourth-order valence-corrected chi connectivity index (χ4v) is 1.60. The number of hydrogen-bond acceptors (Lipinski definition) is 1. The van der Waals surface area contributed by atoms with Crippen LogP contribution in [0, 0.1) is 0 Å². The summed E-state index contributed by atoms with van der Waals surface area (Å²) in [6.45, 7) is 3.51. The van der Waals surface area contributed by atoms with Crippen LogP contribution in [-0.2, 0) is 6.18 Å². The second-order valence-corrected chi connectivity index (χ2v) is 3.78. The molecule has 0 fully saturated rings. The lowest BCUT2D eigenvalue weighted by atomic mass is 10.0. The molecule has 0 aliphatic heterocycles. The van der Waals surface area contributed by atoms with Crippen molar-refractivity contribution in [1.29, 1.82) is 0 Å². The van der Waals surface area contributed by atoms with Crippen LogP contribution in [0.4, 0.5) is 13.2 Å². The highest BCUT2D eigenvalue weighted by atomic mass is 35.5. The van der Waals surface area contributed by atoms with Gasteiger partial charge in [0, 0.05) is 6.04 Å². The van der Waals surface area contributed by atoms with E-state index in [2.05, 4.69) is 6.58 Å². The van der Waals surface area contributed by atoms with Crippen molar-refractivity contribution in [2.24, 2.45) is 5.73 Å². The molecular formula is C11H12Cl2F3N. The monoisotopic (exact) mass is 285 g/mol. The number of nitrogens with two attached hydrogens (primary N) is 1. The van der Waals surface area contributed by atoms with Gasteiger partial charge < -0.3 is 5.73 Å². The van der Waals surface area contributed by atoms with E-state index in [1.807, 2.05) is 0 Å². The third-order valence-electron chi connectivity index (χ3n) is 2.15. The van der Waals surface area contributed by atoms with Crippen molar-refractivity contribution in [3.63, 3.8) is 0 Å².